The molecule has 0 unspecified atom stereocenters. The van der Waals surface area contributed by atoms with Crippen LogP contribution in [0.15, 0.2) is 57.8 Å². The molecule has 0 aliphatic heterocycles. The molecule has 0 atom stereocenters. The third kappa shape index (κ3) is 3.09. The van der Waals surface area contributed by atoms with Crippen molar-refractivity contribution in [3.05, 3.63) is 80.7 Å². The van der Waals surface area contributed by atoms with Crippen molar-refractivity contribution in [2.45, 2.75) is 6.92 Å². The molecule has 0 amide bonds. The van der Waals surface area contributed by atoms with E-state index < -0.39 is 5.63 Å². The number of carbonyl (C=O) groups excluding carboxylic acids is 1. The molecule has 0 aliphatic carbocycles. The number of halogens is 1. The molecule has 3 rings (SSSR count). The zero-order chi connectivity index (χ0) is 17.3. The first-order valence-electron chi connectivity index (χ1n) is 7.20. The highest BCUT2D eigenvalue weighted by Gasteiger charge is 2.15. The van der Waals surface area contributed by atoms with Gasteiger partial charge in [-0.15, -0.1) is 0 Å². The summed E-state index contributed by atoms with van der Waals surface area (Å²) in [6.07, 6.45) is 2.98. The third-order valence-corrected chi connectivity index (χ3v) is 3.86. The predicted molar refractivity (Wildman–Crippen MR) is 93.7 cm³/mol. The van der Waals surface area contributed by atoms with E-state index in [2.05, 4.69) is 0 Å². The van der Waals surface area contributed by atoms with Crippen molar-refractivity contribution >= 4 is 34.4 Å². The maximum atomic E-state index is 12.4. The van der Waals surface area contributed by atoms with Gasteiger partial charge in [0.1, 0.15) is 11.3 Å². The second kappa shape index (κ2) is 6.34. The Labute approximate surface area is 142 Å². The van der Waals surface area contributed by atoms with Crippen LogP contribution in [-0.4, -0.2) is 10.9 Å². The van der Waals surface area contributed by atoms with Crippen LogP contribution < -0.4 is 5.63 Å². The smallest absolute Gasteiger partial charge is 0.336 e. The number of hydrogen-bond acceptors (Lipinski definition) is 4. The molecular weight excluding hydrogens is 328 g/mol. The number of allylic oxidation sites excluding steroid dienone is 1. The maximum absolute atomic E-state index is 12.4. The van der Waals surface area contributed by atoms with Crippen LogP contribution in [0.3, 0.4) is 0 Å². The number of carbonyl (C=O) groups is 1. The van der Waals surface area contributed by atoms with Crippen molar-refractivity contribution in [1.82, 2.24) is 0 Å². The number of fused-ring (bicyclic) bond motifs is 1. The van der Waals surface area contributed by atoms with Crippen molar-refractivity contribution in [1.29, 1.82) is 0 Å². The molecule has 1 aromatic heterocycles. The molecule has 0 spiro atoms. The largest absolute Gasteiger partial charge is 0.506 e. The summed E-state index contributed by atoms with van der Waals surface area (Å²) in [6.45, 7) is 1.68. The number of aryl methyl sites for hydroxylation is 1. The van der Waals surface area contributed by atoms with E-state index in [-0.39, 0.29) is 22.7 Å². The lowest BCUT2D eigenvalue weighted by Crippen LogP contribution is -2.01. The SMILES string of the molecule is Cc1cc(=O)oc2ccc(C(=O)/C=C/c3cccc(Cl)c3)c(O)c12. The minimum Gasteiger partial charge on any atom is -0.506 e. The highest BCUT2D eigenvalue weighted by atomic mass is 35.5. The monoisotopic (exact) mass is 340 g/mol. The number of hydrogen-bond donors (Lipinski definition) is 1. The summed E-state index contributed by atoms with van der Waals surface area (Å²) in [5.41, 5.74) is 1.20. The van der Waals surface area contributed by atoms with Gasteiger partial charge in [0.15, 0.2) is 5.78 Å². The van der Waals surface area contributed by atoms with Gasteiger partial charge >= 0.3 is 5.63 Å². The van der Waals surface area contributed by atoms with Crippen LogP contribution >= 0.6 is 11.6 Å². The van der Waals surface area contributed by atoms with Crippen molar-refractivity contribution in [3.8, 4) is 5.75 Å². The average Bonchev–Trinajstić information content (AvgIpc) is 2.52. The van der Waals surface area contributed by atoms with Gasteiger partial charge in [0.25, 0.3) is 0 Å². The molecule has 3 aromatic rings. The number of benzene rings is 2. The van der Waals surface area contributed by atoms with Gasteiger partial charge in [-0.1, -0.05) is 29.8 Å². The first-order chi connectivity index (χ1) is 11.5. The normalized spacial score (nSPS) is 11.2. The Hall–Kier alpha value is -2.85. The minimum absolute atomic E-state index is 0.137. The van der Waals surface area contributed by atoms with Gasteiger partial charge in [-0.25, -0.2) is 4.79 Å². The molecule has 120 valence electrons. The number of phenols is 1. The quantitative estimate of drug-likeness (QED) is 0.437. The van der Waals surface area contributed by atoms with Crippen LogP contribution in [0.2, 0.25) is 5.02 Å². The molecule has 1 heterocycles. The van der Waals surface area contributed by atoms with E-state index in [1.807, 2.05) is 6.07 Å². The van der Waals surface area contributed by atoms with E-state index >= 15 is 0 Å². The van der Waals surface area contributed by atoms with E-state index in [1.165, 1.54) is 24.3 Å². The Balaban J connectivity index is 2.01. The second-order valence-corrected chi connectivity index (χ2v) is 5.77. The molecule has 0 saturated carbocycles. The van der Waals surface area contributed by atoms with Gasteiger partial charge < -0.3 is 9.52 Å². The highest BCUT2D eigenvalue weighted by molar-refractivity contribution is 6.30. The third-order valence-electron chi connectivity index (χ3n) is 3.62. The Morgan fingerprint density at radius 3 is 2.75 bits per heavy atom. The molecule has 5 heteroatoms. The molecule has 4 nitrogen and oxygen atoms in total. The summed E-state index contributed by atoms with van der Waals surface area (Å²) in [7, 11) is 0. The summed E-state index contributed by atoms with van der Waals surface area (Å²) in [4.78, 5) is 23.8. The lowest BCUT2D eigenvalue weighted by atomic mass is 10.0. The number of ketones is 1. The van der Waals surface area contributed by atoms with Crippen LogP contribution in [0.4, 0.5) is 0 Å². The zero-order valence-corrected chi connectivity index (χ0v) is 13.5. The van der Waals surface area contributed by atoms with Gasteiger partial charge in [-0.3, -0.25) is 4.79 Å². The molecule has 1 N–H and O–H groups in total. The predicted octanol–water partition coefficient (Wildman–Crippen LogP) is 4.36. The van der Waals surface area contributed by atoms with Crippen LogP contribution in [0, 0.1) is 6.92 Å². The lowest BCUT2D eigenvalue weighted by Gasteiger charge is -2.06. The molecule has 0 bridgehead atoms. The van der Waals surface area contributed by atoms with Crippen molar-refractivity contribution in [2.24, 2.45) is 0 Å². The molecule has 0 aliphatic rings. The summed E-state index contributed by atoms with van der Waals surface area (Å²) < 4.78 is 5.04. The van der Waals surface area contributed by atoms with Gasteiger partial charge in [-0.05, 0) is 48.4 Å². The first-order valence-corrected chi connectivity index (χ1v) is 7.58. The van der Waals surface area contributed by atoms with E-state index in [9.17, 15) is 14.7 Å². The molecule has 0 saturated heterocycles. The van der Waals surface area contributed by atoms with Crippen LogP contribution in [-0.2, 0) is 0 Å². The van der Waals surface area contributed by atoms with Crippen molar-refractivity contribution in [3.63, 3.8) is 0 Å². The van der Waals surface area contributed by atoms with Gasteiger partial charge in [0, 0.05) is 11.1 Å². The Bertz CT molecular complexity index is 1030. The maximum Gasteiger partial charge on any atom is 0.336 e. The number of rotatable bonds is 3. The minimum atomic E-state index is -0.501. The fraction of sp³-hybridized carbons (Fsp3) is 0.0526. The van der Waals surface area contributed by atoms with Gasteiger partial charge in [0.2, 0.25) is 0 Å². The van der Waals surface area contributed by atoms with Gasteiger partial charge in [0.05, 0.1) is 10.9 Å². The summed E-state index contributed by atoms with van der Waals surface area (Å²) in [5, 5.41) is 11.3. The molecule has 0 radical (unpaired) electrons. The average molecular weight is 341 g/mol. The van der Waals surface area contributed by atoms with E-state index in [0.717, 1.165) is 5.56 Å². The van der Waals surface area contributed by atoms with Crippen LogP contribution in [0.25, 0.3) is 17.0 Å². The van der Waals surface area contributed by atoms with Gasteiger partial charge in [-0.2, -0.15) is 0 Å². The summed E-state index contributed by atoms with van der Waals surface area (Å²) in [5.74, 6) is -0.561. The molecule has 24 heavy (non-hydrogen) atoms. The summed E-state index contributed by atoms with van der Waals surface area (Å²) in [6, 6.07) is 11.3. The number of phenolic OH excluding ortho intramolecular Hbond substituents is 1. The molecule has 0 fully saturated rings. The zero-order valence-electron chi connectivity index (χ0n) is 12.7. The highest BCUT2D eigenvalue weighted by Crippen LogP contribution is 2.31. The standard InChI is InChI=1S/C19H13ClO4/c1-11-9-17(22)24-16-8-6-14(19(23)18(11)16)15(21)7-5-12-3-2-4-13(20)10-12/h2-10,23H,1H3/b7-5+. The number of aromatic hydroxyl groups is 1. The van der Waals surface area contributed by atoms with Crippen molar-refractivity contribution < 1.29 is 14.3 Å². The fourth-order valence-electron chi connectivity index (χ4n) is 2.50. The Morgan fingerprint density at radius 1 is 1.21 bits per heavy atom. The van der Waals surface area contributed by atoms with Crippen molar-refractivity contribution in [2.75, 3.05) is 0 Å². The van der Waals surface area contributed by atoms with E-state index in [4.69, 9.17) is 16.0 Å². The topological polar surface area (TPSA) is 67.5 Å². The molecular formula is C19H13ClO4. The van der Waals surface area contributed by atoms with Crippen LogP contribution in [0.5, 0.6) is 5.75 Å². The van der Waals surface area contributed by atoms with Crippen LogP contribution in [0.1, 0.15) is 21.5 Å². The molecule has 2 aromatic carbocycles. The lowest BCUT2D eigenvalue weighted by molar-refractivity contribution is 0.104. The second-order valence-electron chi connectivity index (χ2n) is 5.34. The van der Waals surface area contributed by atoms with E-state index in [0.29, 0.717) is 16.0 Å². The first kappa shape index (κ1) is 16.0. The fourth-order valence-corrected chi connectivity index (χ4v) is 2.70. The van der Waals surface area contributed by atoms with E-state index in [1.54, 1.807) is 31.2 Å². The Kier molecular flexibility index (Phi) is 4.23. The Morgan fingerprint density at radius 2 is 2.00 bits per heavy atom. The summed E-state index contributed by atoms with van der Waals surface area (Å²) >= 11 is 5.90.